The fraction of sp³-hybridized carbons (Fsp3) is 0. The fourth-order valence-corrected chi connectivity index (χ4v) is 0.342. The van der Waals surface area contributed by atoms with Crippen molar-refractivity contribution in [3.63, 3.8) is 0 Å². The maximum Gasteiger partial charge on any atom is 0.166 e. The summed E-state index contributed by atoms with van der Waals surface area (Å²) in [4.78, 5) is 2.89. The molecule has 1 aromatic rings. The Morgan fingerprint density at radius 1 is 0.909 bits per heavy atom. The summed E-state index contributed by atoms with van der Waals surface area (Å²) in [6, 6.07) is 5.86. The van der Waals surface area contributed by atoms with E-state index in [1.54, 1.807) is 0 Å². The monoisotopic (exact) mass is 200 g/mol. The van der Waals surface area contributed by atoms with Gasteiger partial charge in [-0.2, -0.15) is 0 Å². The number of rotatable bonds is 0. The van der Waals surface area contributed by atoms with Crippen molar-refractivity contribution in [2.24, 2.45) is 0 Å². The summed E-state index contributed by atoms with van der Waals surface area (Å²) in [5, 5.41) is 0. The molecule has 0 spiro atoms. The van der Waals surface area contributed by atoms with Gasteiger partial charge in [0.05, 0.1) is 0 Å². The second kappa shape index (κ2) is 9.01. The van der Waals surface area contributed by atoms with Crippen molar-refractivity contribution in [1.82, 2.24) is 0 Å². The molecule has 0 bridgehead atoms. The Kier molecular flexibility index (Phi) is 10.4. The minimum absolute atomic E-state index is 0. The Morgan fingerprint density at radius 2 is 1.27 bits per heavy atom. The normalized spacial score (nSPS) is 6.55. The number of halogens is 1. The molecular formula is C5H7CrFNO3+. The summed E-state index contributed by atoms with van der Waals surface area (Å²) in [5.41, 5.74) is 0. The number of hydrogen-bond donors (Lipinski definition) is 0. The van der Waals surface area contributed by atoms with Crippen LogP contribution in [0.2, 0.25) is 0 Å². The van der Waals surface area contributed by atoms with Gasteiger partial charge in [-0.1, -0.05) is 6.07 Å². The molecule has 11 heavy (non-hydrogen) atoms. The topological polar surface area (TPSA) is 65.3 Å². The summed E-state index contributed by atoms with van der Waals surface area (Å²) < 4.78 is 25.6. The first-order valence-corrected chi connectivity index (χ1v) is 3.97. The second-order valence-corrected chi connectivity index (χ2v) is 1.92. The van der Waals surface area contributed by atoms with Crippen molar-refractivity contribution in [1.29, 1.82) is 0 Å². The molecule has 62 valence electrons. The molecule has 1 heterocycles. The van der Waals surface area contributed by atoms with Crippen LogP contribution in [0.4, 0.5) is 4.70 Å². The predicted molar refractivity (Wildman–Crippen MR) is 27.6 cm³/mol. The van der Waals surface area contributed by atoms with Crippen LogP contribution in [0, 0.1) is 0 Å². The van der Waals surface area contributed by atoms with Crippen LogP contribution < -0.4 is 4.98 Å². The molecule has 1 aromatic heterocycles. The van der Waals surface area contributed by atoms with Gasteiger partial charge in [0.1, 0.15) is 0 Å². The number of aromatic amines is 1. The third kappa shape index (κ3) is 17.6. The standard InChI is InChI=1S/C5H5N.Cr.FH.3O/c1-2-4-6-5-3-1;;;;;/h1-5H;;1H;;;/p+1. The number of pyridine rings is 1. The van der Waals surface area contributed by atoms with E-state index in [4.69, 9.17) is 11.4 Å². The van der Waals surface area contributed by atoms with Gasteiger partial charge < -0.3 is 0 Å². The SMILES string of the molecule is F.[O]=[Cr](=[O])=[O].c1cc[nH+]cc1. The largest absolute Gasteiger partial charge is 0.218 e. The molecule has 1 N–H and O–H groups in total. The summed E-state index contributed by atoms with van der Waals surface area (Å²) in [6.07, 6.45) is 3.75. The van der Waals surface area contributed by atoms with Gasteiger partial charge in [0.2, 0.25) is 0 Å². The Hall–Kier alpha value is -0.988. The van der Waals surface area contributed by atoms with E-state index >= 15 is 0 Å². The van der Waals surface area contributed by atoms with Crippen LogP contribution in [0.15, 0.2) is 30.6 Å². The molecule has 0 amide bonds. The number of nitrogens with one attached hydrogen (secondary N) is 1. The average Bonchev–Trinajstić information content (AvgIpc) is 1.90. The first-order valence-electron chi connectivity index (χ1n) is 2.41. The van der Waals surface area contributed by atoms with Crippen molar-refractivity contribution in [2.75, 3.05) is 0 Å². The van der Waals surface area contributed by atoms with E-state index in [1.165, 1.54) is 0 Å². The molecule has 0 saturated carbocycles. The maximum atomic E-state index is 8.54. The van der Waals surface area contributed by atoms with Gasteiger partial charge in [-0.05, 0) is 0 Å². The van der Waals surface area contributed by atoms with E-state index in [-0.39, 0.29) is 4.70 Å². The fourth-order valence-electron chi connectivity index (χ4n) is 0.342. The third-order valence-electron chi connectivity index (χ3n) is 0.607. The maximum absolute atomic E-state index is 8.54. The molecule has 0 aromatic carbocycles. The van der Waals surface area contributed by atoms with Gasteiger partial charge in [0.15, 0.2) is 12.4 Å². The predicted octanol–water partition coefficient (Wildman–Crippen LogP) is 0.294. The van der Waals surface area contributed by atoms with Gasteiger partial charge in [-0.15, -0.1) is 0 Å². The van der Waals surface area contributed by atoms with Crippen LogP contribution in [-0.4, -0.2) is 0 Å². The van der Waals surface area contributed by atoms with Crippen molar-refractivity contribution >= 4 is 0 Å². The number of aromatic nitrogens is 1. The minimum atomic E-state index is -3.79. The number of H-pyrrole nitrogens is 1. The second-order valence-electron chi connectivity index (χ2n) is 1.28. The third-order valence-corrected chi connectivity index (χ3v) is 0.607. The Bertz CT molecular complexity index is 225. The summed E-state index contributed by atoms with van der Waals surface area (Å²) in [7, 11) is 0. The molecule has 0 atom stereocenters. The van der Waals surface area contributed by atoms with Crippen molar-refractivity contribution in [2.45, 2.75) is 0 Å². The van der Waals surface area contributed by atoms with Crippen molar-refractivity contribution in [3.05, 3.63) is 30.6 Å². The smallest absolute Gasteiger partial charge is 0.166 e. The zero-order chi connectivity index (χ0) is 7.82. The Balaban J connectivity index is 0. The van der Waals surface area contributed by atoms with Gasteiger partial charge >= 0.3 is 25.4 Å². The molecule has 4 nitrogen and oxygen atoms in total. The van der Waals surface area contributed by atoms with Gasteiger partial charge in [0, 0.05) is 12.1 Å². The molecule has 0 radical (unpaired) electrons. The van der Waals surface area contributed by atoms with Crippen LogP contribution in [0.25, 0.3) is 0 Å². The van der Waals surface area contributed by atoms with E-state index in [2.05, 4.69) is 4.98 Å². The Morgan fingerprint density at radius 3 is 1.36 bits per heavy atom. The molecular weight excluding hydrogens is 193 g/mol. The van der Waals surface area contributed by atoms with E-state index in [1.807, 2.05) is 30.6 Å². The molecule has 0 fully saturated rings. The van der Waals surface area contributed by atoms with Gasteiger partial charge in [-0.3, -0.25) is 4.70 Å². The average molecular weight is 200 g/mol. The van der Waals surface area contributed by atoms with E-state index < -0.39 is 14.0 Å². The van der Waals surface area contributed by atoms with Crippen LogP contribution >= 0.6 is 0 Å². The van der Waals surface area contributed by atoms with Crippen LogP contribution in [0.5, 0.6) is 0 Å². The minimum Gasteiger partial charge on any atom is -0.218 e. The van der Waals surface area contributed by atoms with E-state index in [0.717, 1.165) is 0 Å². The summed E-state index contributed by atoms with van der Waals surface area (Å²) in [5.74, 6) is 0. The summed E-state index contributed by atoms with van der Waals surface area (Å²) >= 11 is -3.79. The van der Waals surface area contributed by atoms with Crippen molar-refractivity contribution < 1.29 is 35.0 Å². The van der Waals surface area contributed by atoms with Crippen LogP contribution in [0.3, 0.4) is 0 Å². The zero-order valence-corrected chi connectivity index (χ0v) is 6.70. The number of hydrogen-bond acceptors (Lipinski definition) is 3. The van der Waals surface area contributed by atoms with Crippen LogP contribution in [0.1, 0.15) is 0 Å². The Labute approximate surface area is 66.3 Å². The van der Waals surface area contributed by atoms with E-state index in [0.29, 0.717) is 0 Å². The zero-order valence-electron chi connectivity index (χ0n) is 5.43. The molecule has 0 aliphatic heterocycles. The first-order chi connectivity index (χ1) is 4.73. The molecule has 1 rings (SSSR count). The molecule has 0 unspecified atom stereocenters. The first kappa shape index (κ1) is 12.7. The summed E-state index contributed by atoms with van der Waals surface area (Å²) in [6.45, 7) is 0. The van der Waals surface area contributed by atoms with Gasteiger partial charge in [-0.25, -0.2) is 4.98 Å². The van der Waals surface area contributed by atoms with Crippen molar-refractivity contribution in [3.8, 4) is 0 Å². The molecule has 0 aliphatic carbocycles. The molecule has 0 aliphatic rings. The van der Waals surface area contributed by atoms with Gasteiger partial charge in [0.25, 0.3) is 0 Å². The molecule has 0 saturated heterocycles. The molecule has 6 heteroatoms. The van der Waals surface area contributed by atoms with Crippen LogP contribution in [-0.2, 0) is 25.4 Å². The van der Waals surface area contributed by atoms with E-state index in [9.17, 15) is 0 Å². The quantitative estimate of drug-likeness (QED) is 0.604.